The van der Waals surface area contributed by atoms with Crippen molar-refractivity contribution in [2.45, 2.75) is 105 Å². The van der Waals surface area contributed by atoms with Crippen LogP contribution in [0.25, 0.3) is 133 Å². The molecular formula is C86H75BN4. The number of benzene rings is 11. The van der Waals surface area contributed by atoms with Crippen LogP contribution >= 0.6 is 0 Å². The Morgan fingerprint density at radius 3 is 0.967 bits per heavy atom. The van der Waals surface area contributed by atoms with E-state index in [2.05, 4.69) is 329 Å². The zero-order valence-corrected chi connectivity index (χ0v) is 54.4. The van der Waals surface area contributed by atoms with Crippen LogP contribution in [-0.4, -0.2) is 25.8 Å². The Morgan fingerprint density at radius 1 is 0.297 bits per heavy atom. The summed E-state index contributed by atoms with van der Waals surface area (Å²) in [4.78, 5) is 11.8. The molecule has 0 aliphatic carbocycles. The van der Waals surface area contributed by atoms with Crippen molar-refractivity contribution in [2.75, 3.05) is 0 Å². The van der Waals surface area contributed by atoms with Gasteiger partial charge in [0, 0.05) is 60.6 Å². The second-order valence-electron chi connectivity index (χ2n) is 29.9. The van der Waals surface area contributed by atoms with Gasteiger partial charge in [0.2, 0.25) is 0 Å². The number of hydrogen-bond donors (Lipinski definition) is 0. The van der Waals surface area contributed by atoms with Gasteiger partial charge in [-0.1, -0.05) is 241 Å². The molecule has 4 nitrogen and oxygen atoms in total. The topological polar surface area (TPSA) is 35.6 Å². The minimum absolute atomic E-state index is 0.0607. The molecule has 5 heterocycles. The van der Waals surface area contributed by atoms with Gasteiger partial charge in [-0.15, -0.1) is 0 Å². The van der Waals surface area contributed by atoms with Crippen LogP contribution in [0.2, 0.25) is 0 Å². The summed E-state index contributed by atoms with van der Waals surface area (Å²) in [6.07, 6.45) is 0. The third-order valence-electron chi connectivity index (χ3n) is 19.6. The van der Waals surface area contributed by atoms with Gasteiger partial charge in [0.15, 0.2) is 5.82 Å². The van der Waals surface area contributed by atoms with Gasteiger partial charge in [-0.2, -0.15) is 0 Å². The van der Waals surface area contributed by atoms with Gasteiger partial charge in [0.25, 0.3) is 6.71 Å². The van der Waals surface area contributed by atoms with Gasteiger partial charge < -0.3 is 9.13 Å². The highest BCUT2D eigenvalue weighted by atomic mass is 15.0. The first-order valence-electron chi connectivity index (χ1n) is 32.5. The molecule has 0 unspecified atom stereocenters. The summed E-state index contributed by atoms with van der Waals surface area (Å²) >= 11 is 0. The van der Waals surface area contributed by atoms with Gasteiger partial charge in [-0.05, 0) is 184 Å². The van der Waals surface area contributed by atoms with E-state index in [9.17, 15) is 0 Å². The average Bonchev–Trinajstić information content (AvgIpc) is 1.57. The molecule has 2 aliphatic rings. The van der Waals surface area contributed by atoms with Crippen LogP contribution in [0.4, 0.5) is 0 Å². The largest absolute Gasteiger partial charge is 0.310 e. The molecule has 3 aromatic heterocycles. The van der Waals surface area contributed by atoms with Crippen LogP contribution in [0.3, 0.4) is 0 Å². The van der Waals surface area contributed by atoms with Gasteiger partial charge in [0.1, 0.15) is 0 Å². The van der Waals surface area contributed by atoms with Crippen LogP contribution in [0.1, 0.15) is 105 Å². The molecule has 0 atom stereocenters. The second kappa shape index (κ2) is 20.3. The Bertz CT molecular complexity index is 4850. The van der Waals surface area contributed by atoms with Crippen LogP contribution in [0.5, 0.6) is 0 Å². The lowest BCUT2D eigenvalue weighted by atomic mass is 9.34. The Kier molecular flexibility index (Phi) is 12.6. The predicted molar refractivity (Wildman–Crippen MR) is 388 cm³/mol. The number of nitrogens with zero attached hydrogens (tertiary/aromatic N) is 4. The SMILES string of the molecule is CC(C)(C)c1ccc2c(c1)c1c(C(C)(C)C)ccc3c1n2-c1cc(-c2nc(-c4cc(-c5ccccc5)cc(-c5ccccc5)c4)cc(-c4cc(-c5ccccc5)cc(-c5ccccc5)c4)n2)cc2c1B3c1ccc(C(C)(C)C)c3c4cc(C(C)(C)C)ccc4n-2c13. The maximum atomic E-state index is 5.92. The van der Waals surface area contributed by atoms with E-state index in [4.69, 9.17) is 9.97 Å². The van der Waals surface area contributed by atoms with Crippen molar-refractivity contribution in [1.29, 1.82) is 0 Å². The molecule has 0 spiro atoms. The smallest absolute Gasteiger partial charge is 0.252 e. The Balaban J connectivity index is 1.06. The van der Waals surface area contributed by atoms with Gasteiger partial charge in [0.05, 0.1) is 22.4 Å². The first-order chi connectivity index (χ1) is 43.6. The lowest BCUT2D eigenvalue weighted by Gasteiger charge is -2.35. The monoisotopic (exact) mass is 1170 g/mol. The van der Waals surface area contributed by atoms with E-state index in [1.807, 2.05) is 0 Å². The average molecular weight is 1180 g/mol. The third-order valence-corrected chi connectivity index (χ3v) is 19.6. The highest BCUT2D eigenvalue weighted by Crippen LogP contribution is 2.47. The molecule has 5 heteroatoms. The van der Waals surface area contributed by atoms with Crippen LogP contribution in [0.15, 0.2) is 237 Å². The van der Waals surface area contributed by atoms with Crippen molar-refractivity contribution in [1.82, 2.24) is 19.1 Å². The first-order valence-corrected chi connectivity index (χ1v) is 32.5. The van der Waals surface area contributed by atoms with Crippen molar-refractivity contribution >= 4 is 66.7 Å². The van der Waals surface area contributed by atoms with Gasteiger partial charge >= 0.3 is 0 Å². The molecule has 0 N–H and O–H groups in total. The molecule has 0 saturated heterocycles. The van der Waals surface area contributed by atoms with Crippen molar-refractivity contribution in [3.63, 3.8) is 0 Å². The van der Waals surface area contributed by atoms with E-state index >= 15 is 0 Å². The van der Waals surface area contributed by atoms with Crippen LogP contribution < -0.4 is 16.4 Å². The number of fused-ring (bicyclic) bond motifs is 10. The lowest BCUT2D eigenvalue weighted by molar-refractivity contribution is 0.590. The van der Waals surface area contributed by atoms with E-state index in [1.165, 1.54) is 82.3 Å². The normalized spacial score (nSPS) is 13.0. The van der Waals surface area contributed by atoms with Crippen LogP contribution in [0, 0.1) is 0 Å². The minimum Gasteiger partial charge on any atom is -0.310 e. The quantitative estimate of drug-likeness (QED) is 0.149. The molecule has 11 aromatic carbocycles. The molecule has 2 aliphatic heterocycles. The number of hydrogen-bond acceptors (Lipinski definition) is 2. The summed E-state index contributed by atoms with van der Waals surface area (Å²) in [6.45, 7) is 28.3. The summed E-state index contributed by atoms with van der Waals surface area (Å²) in [7, 11) is 0. The zero-order valence-electron chi connectivity index (χ0n) is 54.4. The van der Waals surface area contributed by atoms with E-state index in [0.717, 1.165) is 84.0 Å². The van der Waals surface area contributed by atoms with Crippen molar-refractivity contribution < 1.29 is 0 Å². The molecule has 91 heavy (non-hydrogen) atoms. The molecule has 0 bridgehead atoms. The second-order valence-corrected chi connectivity index (χ2v) is 29.9. The fourth-order valence-electron chi connectivity index (χ4n) is 15.0. The fourth-order valence-corrected chi connectivity index (χ4v) is 15.0. The highest BCUT2D eigenvalue weighted by Gasteiger charge is 2.43. The van der Waals surface area contributed by atoms with E-state index in [1.54, 1.807) is 0 Å². The van der Waals surface area contributed by atoms with Gasteiger partial charge in [-0.25, -0.2) is 9.97 Å². The van der Waals surface area contributed by atoms with E-state index in [0.29, 0.717) is 5.82 Å². The number of rotatable bonds is 7. The molecular weight excluding hydrogens is 1100 g/mol. The fraction of sp³-hybridized carbons (Fsp3) is 0.186. The van der Waals surface area contributed by atoms with Gasteiger partial charge in [-0.3, -0.25) is 0 Å². The Morgan fingerprint density at radius 2 is 0.637 bits per heavy atom. The van der Waals surface area contributed by atoms with Crippen molar-refractivity contribution in [3.8, 4) is 89.8 Å². The zero-order chi connectivity index (χ0) is 62.6. The summed E-state index contributed by atoms with van der Waals surface area (Å²) in [5, 5.41) is 5.27. The Hall–Kier alpha value is -9.84. The molecule has 442 valence electrons. The highest BCUT2D eigenvalue weighted by molar-refractivity contribution is 7.00. The summed E-state index contributed by atoms with van der Waals surface area (Å²) in [5.74, 6) is 0.662. The molecule has 14 aromatic rings. The first kappa shape index (κ1) is 56.4. The predicted octanol–water partition coefficient (Wildman–Crippen LogP) is 20.7. The summed E-state index contributed by atoms with van der Waals surface area (Å²) < 4.78 is 5.29. The van der Waals surface area contributed by atoms with Crippen molar-refractivity contribution in [2.24, 2.45) is 0 Å². The molecule has 0 amide bonds. The summed E-state index contributed by atoms with van der Waals surface area (Å²) in [6, 6.07) is 88.7. The maximum absolute atomic E-state index is 5.92. The van der Waals surface area contributed by atoms with E-state index < -0.39 is 0 Å². The molecule has 0 fully saturated rings. The molecule has 0 radical (unpaired) electrons. The summed E-state index contributed by atoms with van der Waals surface area (Å²) in [5.41, 5.74) is 30.0. The van der Waals surface area contributed by atoms with Crippen LogP contribution in [-0.2, 0) is 21.7 Å². The maximum Gasteiger partial charge on any atom is 0.252 e. The Labute approximate surface area is 536 Å². The standard InChI is InChI=1S/C86H75BN4/c1-83(2,3)63-33-39-73-65(49-63)77-67(85(7,8)9)35-37-69-80(77)90(73)75-47-62(48-76-79(75)87(69)70-38-36-68(86(10,11)12)78-66-50-64(84(4,5)6)34-40-74(66)91(76)81(70)78)82-88-71(60-43-56(52-25-17-13-18-26-52)41-57(44-60)53-27-19-14-20-28-53)51-72(89-82)61-45-58(54-29-21-15-22-30-54)42-59(46-61)55-31-23-16-24-32-55/h13-51H,1-12H3. The molecule has 0 saturated carbocycles. The van der Waals surface area contributed by atoms with Crippen molar-refractivity contribution in [3.05, 3.63) is 259 Å². The molecule has 16 rings (SSSR count). The van der Waals surface area contributed by atoms with E-state index in [-0.39, 0.29) is 28.4 Å². The minimum atomic E-state index is -0.144. The third kappa shape index (κ3) is 9.25. The number of aromatic nitrogens is 4. The lowest BCUT2D eigenvalue weighted by Crippen LogP contribution is -2.59.